The molecule has 0 saturated heterocycles. The van der Waals surface area contributed by atoms with Gasteiger partial charge in [-0.15, -0.1) is 0 Å². The average Bonchev–Trinajstić information content (AvgIpc) is 2.54. The molecular formula is C16H18N2O4. The Balaban J connectivity index is 2.21. The number of benzene rings is 1. The van der Waals surface area contributed by atoms with Gasteiger partial charge in [-0.25, -0.2) is 4.79 Å². The Morgan fingerprint density at radius 1 is 1.27 bits per heavy atom. The Hall–Kier alpha value is -2.76. The maximum absolute atomic E-state index is 11.6. The zero-order chi connectivity index (χ0) is 16.1. The molecule has 6 heteroatoms. The van der Waals surface area contributed by atoms with Crippen LogP contribution in [0.4, 0.5) is 5.82 Å². The van der Waals surface area contributed by atoms with Crippen molar-refractivity contribution in [2.45, 2.75) is 13.0 Å². The van der Waals surface area contributed by atoms with Crippen molar-refractivity contribution in [2.75, 3.05) is 19.5 Å². The molecule has 2 N–H and O–H groups in total. The number of aromatic nitrogens is 1. The first-order valence-corrected chi connectivity index (χ1v) is 6.74. The third-order valence-electron chi connectivity index (χ3n) is 3.19. The smallest absolute Gasteiger partial charge is 0.343 e. The van der Waals surface area contributed by atoms with Crippen LogP contribution in [0.15, 0.2) is 36.4 Å². The average molecular weight is 302 g/mol. The van der Waals surface area contributed by atoms with Crippen LogP contribution >= 0.6 is 0 Å². The van der Waals surface area contributed by atoms with Crippen LogP contribution in [0.5, 0.6) is 11.6 Å². The zero-order valence-corrected chi connectivity index (χ0v) is 12.7. The first-order chi connectivity index (χ1) is 10.5. The van der Waals surface area contributed by atoms with Gasteiger partial charge in [0.1, 0.15) is 17.1 Å². The Bertz CT molecular complexity index is 673. The molecule has 0 spiro atoms. The van der Waals surface area contributed by atoms with Crippen LogP contribution in [0.2, 0.25) is 0 Å². The minimum atomic E-state index is -0.503. The molecule has 0 aliphatic carbocycles. The number of aromatic hydroxyl groups is 1. The van der Waals surface area contributed by atoms with Crippen molar-refractivity contribution in [2.24, 2.45) is 0 Å². The van der Waals surface area contributed by atoms with E-state index in [-0.39, 0.29) is 23.2 Å². The van der Waals surface area contributed by atoms with Gasteiger partial charge in [0.2, 0.25) is 5.88 Å². The number of hydrogen-bond donors (Lipinski definition) is 2. The minimum Gasteiger partial charge on any atom is -0.508 e. The number of carbonyl (C=O) groups is 1. The van der Waals surface area contributed by atoms with E-state index in [9.17, 15) is 9.90 Å². The number of hydrogen-bond acceptors (Lipinski definition) is 6. The van der Waals surface area contributed by atoms with Crippen LogP contribution in [-0.2, 0) is 4.74 Å². The van der Waals surface area contributed by atoms with Crippen molar-refractivity contribution in [1.82, 2.24) is 4.98 Å². The monoisotopic (exact) mass is 302 g/mol. The lowest BCUT2D eigenvalue weighted by molar-refractivity contribution is 0.0596. The summed E-state index contributed by atoms with van der Waals surface area (Å²) < 4.78 is 9.80. The number of nitrogens with zero attached hydrogens (tertiary/aromatic N) is 1. The summed E-state index contributed by atoms with van der Waals surface area (Å²) >= 11 is 0. The van der Waals surface area contributed by atoms with Gasteiger partial charge in [-0.3, -0.25) is 0 Å². The van der Waals surface area contributed by atoms with Crippen LogP contribution in [0, 0.1) is 0 Å². The summed E-state index contributed by atoms with van der Waals surface area (Å²) in [5.41, 5.74) is 1.18. The molecule has 1 aromatic heterocycles. The van der Waals surface area contributed by atoms with Gasteiger partial charge in [0.15, 0.2) is 0 Å². The summed E-state index contributed by atoms with van der Waals surface area (Å²) in [5, 5.41) is 12.7. The summed E-state index contributed by atoms with van der Waals surface area (Å²) in [6, 6.07) is 10.2. The number of esters is 1. The number of ether oxygens (including phenoxy) is 2. The number of anilines is 1. The summed E-state index contributed by atoms with van der Waals surface area (Å²) in [5.74, 6) is 0.454. The lowest BCUT2D eigenvalue weighted by atomic mass is 10.1. The van der Waals surface area contributed by atoms with Gasteiger partial charge >= 0.3 is 5.97 Å². The molecule has 6 nitrogen and oxygen atoms in total. The standard InChI is InChI=1S/C16H18N2O4/c1-10(11-5-4-6-12(19)9-11)17-14-8-7-13(16(20)22-3)15(18-14)21-2/h4-10,19H,1-3H3,(H,17,18)/t10-/m0/s1. The zero-order valence-electron chi connectivity index (χ0n) is 12.7. The number of phenolic OH excluding ortho intramolecular Hbond substituents is 1. The lowest BCUT2D eigenvalue weighted by Gasteiger charge is -2.16. The molecule has 0 radical (unpaired) electrons. The quantitative estimate of drug-likeness (QED) is 0.827. The molecule has 0 bridgehead atoms. The van der Waals surface area contributed by atoms with Crippen molar-refractivity contribution in [1.29, 1.82) is 0 Å². The fraction of sp³-hybridized carbons (Fsp3) is 0.250. The second-order valence-electron chi connectivity index (χ2n) is 4.71. The van der Waals surface area contributed by atoms with E-state index >= 15 is 0 Å². The Morgan fingerprint density at radius 2 is 2.05 bits per heavy atom. The number of methoxy groups -OCH3 is 2. The SMILES string of the molecule is COC(=O)c1ccc(N[C@@H](C)c2cccc(O)c2)nc1OC. The predicted octanol–water partition coefficient (Wildman–Crippen LogP) is 2.76. The van der Waals surface area contributed by atoms with Gasteiger partial charge in [-0.1, -0.05) is 12.1 Å². The molecular weight excluding hydrogens is 284 g/mol. The van der Waals surface area contributed by atoms with Crippen molar-refractivity contribution < 1.29 is 19.4 Å². The van der Waals surface area contributed by atoms with Gasteiger partial charge in [0, 0.05) is 0 Å². The molecule has 0 fully saturated rings. The Morgan fingerprint density at radius 3 is 2.68 bits per heavy atom. The third kappa shape index (κ3) is 3.46. The summed E-state index contributed by atoms with van der Waals surface area (Å²) in [6.07, 6.45) is 0. The van der Waals surface area contributed by atoms with E-state index in [2.05, 4.69) is 15.0 Å². The summed E-state index contributed by atoms with van der Waals surface area (Å²) in [7, 11) is 2.75. The molecule has 116 valence electrons. The number of carbonyl (C=O) groups excluding carboxylic acids is 1. The molecule has 0 saturated carbocycles. The summed E-state index contributed by atoms with van der Waals surface area (Å²) in [4.78, 5) is 15.8. The number of pyridine rings is 1. The number of phenols is 1. The largest absolute Gasteiger partial charge is 0.508 e. The Labute approximate surface area is 128 Å². The molecule has 0 aliphatic rings. The Kier molecular flexibility index (Phi) is 4.83. The molecule has 1 heterocycles. The topological polar surface area (TPSA) is 80.7 Å². The second-order valence-corrected chi connectivity index (χ2v) is 4.71. The number of nitrogens with one attached hydrogen (secondary N) is 1. The van der Waals surface area contributed by atoms with Gasteiger partial charge in [0.05, 0.1) is 20.3 Å². The molecule has 2 rings (SSSR count). The summed E-state index contributed by atoms with van der Waals surface area (Å²) in [6.45, 7) is 1.94. The normalized spacial score (nSPS) is 11.6. The van der Waals surface area contributed by atoms with Crippen LogP contribution in [0.1, 0.15) is 28.9 Å². The van der Waals surface area contributed by atoms with Crippen LogP contribution in [0.25, 0.3) is 0 Å². The highest BCUT2D eigenvalue weighted by molar-refractivity contribution is 5.92. The molecule has 0 unspecified atom stereocenters. The van der Waals surface area contributed by atoms with Crippen molar-refractivity contribution in [3.8, 4) is 11.6 Å². The van der Waals surface area contributed by atoms with E-state index in [1.807, 2.05) is 13.0 Å². The first-order valence-electron chi connectivity index (χ1n) is 6.74. The maximum atomic E-state index is 11.6. The third-order valence-corrected chi connectivity index (χ3v) is 3.19. The van der Waals surface area contributed by atoms with Gasteiger partial charge in [-0.05, 0) is 36.8 Å². The predicted molar refractivity (Wildman–Crippen MR) is 82.3 cm³/mol. The lowest BCUT2D eigenvalue weighted by Crippen LogP contribution is -2.10. The molecule has 1 atom stereocenters. The highest BCUT2D eigenvalue weighted by Crippen LogP contribution is 2.24. The van der Waals surface area contributed by atoms with Gasteiger partial charge < -0.3 is 19.9 Å². The highest BCUT2D eigenvalue weighted by Gasteiger charge is 2.15. The molecule has 2 aromatic rings. The fourth-order valence-electron chi connectivity index (χ4n) is 2.04. The molecule has 0 amide bonds. The molecule has 22 heavy (non-hydrogen) atoms. The highest BCUT2D eigenvalue weighted by atomic mass is 16.5. The molecule has 0 aliphatic heterocycles. The van der Waals surface area contributed by atoms with Crippen LogP contribution in [0.3, 0.4) is 0 Å². The maximum Gasteiger partial charge on any atom is 0.343 e. The van der Waals surface area contributed by atoms with Gasteiger partial charge in [0.25, 0.3) is 0 Å². The van der Waals surface area contributed by atoms with E-state index < -0.39 is 5.97 Å². The van der Waals surface area contributed by atoms with Crippen LogP contribution < -0.4 is 10.1 Å². The van der Waals surface area contributed by atoms with E-state index in [0.717, 1.165) is 5.56 Å². The van der Waals surface area contributed by atoms with Crippen molar-refractivity contribution in [3.05, 3.63) is 47.5 Å². The van der Waals surface area contributed by atoms with Crippen molar-refractivity contribution in [3.63, 3.8) is 0 Å². The minimum absolute atomic E-state index is 0.0757. The fourth-order valence-corrected chi connectivity index (χ4v) is 2.04. The van der Waals surface area contributed by atoms with Crippen LogP contribution in [-0.4, -0.2) is 30.3 Å². The van der Waals surface area contributed by atoms with Crippen molar-refractivity contribution >= 4 is 11.8 Å². The van der Waals surface area contributed by atoms with Gasteiger partial charge in [-0.2, -0.15) is 4.98 Å². The van der Waals surface area contributed by atoms with E-state index in [1.165, 1.54) is 14.2 Å². The van der Waals surface area contributed by atoms with E-state index in [1.54, 1.807) is 30.3 Å². The second kappa shape index (κ2) is 6.80. The van der Waals surface area contributed by atoms with E-state index in [4.69, 9.17) is 4.74 Å². The van der Waals surface area contributed by atoms with E-state index in [0.29, 0.717) is 5.82 Å². The first kappa shape index (κ1) is 15.6. The molecule has 1 aromatic carbocycles. The number of rotatable bonds is 5.